The van der Waals surface area contributed by atoms with Gasteiger partial charge in [0.05, 0.1) is 23.4 Å². The minimum atomic E-state index is -0.158. The largest absolute Gasteiger partial charge is 0.441 e. The number of aryl methyl sites for hydroxylation is 2. The number of ether oxygens (including phenoxy) is 1. The Kier molecular flexibility index (Phi) is 5.15. The Hall–Kier alpha value is -2.25. The maximum absolute atomic E-state index is 12.6. The molecule has 1 aromatic carbocycles. The highest BCUT2D eigenvalue weighted by atomic mass is 32.1. The molecule has 6 nitrogen and oxygen atoms in total. The summed E-state index contributed by atoms with van der Waals surface area (Å²) in [6.45, 7) is 6.47. The van der Waals surface area contributed by atoms with Crippen LogP contribution in [0.25, 0.3) is 11.1 Å². The number of nitrogens with zero attached hydrogens (tertiary/aromatic N) is 2. The van der Waals surface area contributed by atoms with Crippen molar-refractivity contribution in [1.29, 1.82) is 0 Å². The molecule has 7 heteroatoms. The molecular weight excluding hydrogens is 338 g/mol. The standard InChI is InChI=1S/C18H21N3O3S/c1-10(17-11(2)25-12(3)20-17)19-18(22)13-5-6-14-15(9-13)24-16(21-14)7-8-23-4/h5-6,9-10H,7-8H2,1-4H3,(H,19,22). The fourth-order valence-corrected chi connectivity index (χ4v) is 3.62. The molecule has 0 fully saturated rings. The van der Waals surface area contributed by atoms with Gasteiger partial charge in [0.1, 0.15) is 5.52 Å². The molecule has 0 radical (unpaired) electrons. The van der Waals surface area contributed by atoms with Crippen molar-refractivity contribution < 1.29 is 13.9 Å². The van der Waals surface area contributed by atoms with E-state index in [0.717, 1.165) is 21.1 Å². The number of thiazole rings is 1. The van der Waals surface area contributed by atoms with Crippen LogP contribution in [0, 0.1) is 13.8 Å². The molecule has 1 amide bonds. The van der Waals surface area contributed by atoms with Crippen molar-refractivity contribution in [1.82, 2.24) is 15.3 Å². The van der Waals surface area contributed by atoms with E-state index >= 15 is 0 Å². The second-order valence-electron chi connectivity index (χ2n) is 5.90. The van der Waals surface area contributed by atoms with Gasteiger partial charge in [-0.1, -0.05) is 0 Å². The Morgan fingerprint density at radius 1 is 1.36 bits per heavy atom. The lowest BCUT2D eigenvalue weighted by molar-refractivity contribution is 0.0939. The van der Waals surface area contributed by atoms with Gasteiger partial charge in [-0.25, -0.2) is 9.97 Å². The summed E-state index contributed by atoms with van der Waals surface area (Å²) in [4.78, 5) is 22.6. The second kappa shape index (κ2) is 7.33. The van der Waals surface area contributed by atoms with Crippen molar-refractivity contribution in [3.63, 3.8) is 0 Å². The smallest absolute Gasteiger partial charge is 0.251 e. The first-order valence-electron chi connectivity index (χ1n) is 8.11. The van der Waals surface area contributed by atoms with Gasteiger partial charge in [-0.2, -0.15) is 0 Å². The molecule has 0 bridgehead atoms. The molecule has 0 aliphatic rings. The lowest BCUT2D eigenvalue weighted by Crippen LogP contribution is -2.27. The summed E-state index contributed by atoms with van der Waals surface area (Å²) in [5, 5.41) is 4.00. The van der Waals surface area contributed by atoms with Crippen LogP contribution in [0.15, 0.2) is 22.6 Å². The van der Waals surface area contributed by atoms with E-state index in [1.807, 2.05) is 20.8 Å². The molecule has 0 saturated heterocycles. The van der Waals surface area contributed by atoms with Gasteiger partial charge in [0, 0.05) is 24.0 Å². The predicted molar refractivity (Wildman–Crippen MR) is 97.1 cm³/mol. The van der Waals surface area contributed by atoms with Gasteiger partial charge < -0.3 is 14.5 Å². The average molecular weight is 359 g/mol. The molecule has 3 aromatic rings. The molecule has 2 aromatic heterocycles. The van der Waals surface area contributed by atoms with Gasteiger partial charge in [-0.15, -0.1) is 11.3 Å². The molecular formula is C18H21N3O3S. The van der Waals surface area contributed by atoms with E-state index in [1.165, 1.54) is 0 Å². The zero-order chi connectivity index (χ0) is 18.0. The number of benzene rings is 1. The maximum Gasteiger partial charge on any atom is 0.251 e. The quantitative estimate of drug-likeness (QED) is 0.728. The van der Waals surface area contributed by atoms with Crippen LogP contribution in [0.3, 0.4) is 0 Å². The van der Waals surface area contributed by atoms with Gasteiger partial charge in [-0.3, -0.25) is 4.79 Å². The van der Waals surface area contributed by atoms with Crippen molar-refractivity contribution in [2.75, 3.05) is 13.7 Å². The SMILES string of the molecule is COCCc1nc2ccc(C(=O)NC(C)c3nc(C)sc3C)cc2o1. The van der Waals surface area contributed by atoms with E-state index in [1.54, 1.807) is 36.6 Å². The number of fused-ring (bicyclic) bond motifs is 1. The van der Waals surface area contributed by atoms with E-state index in [2.05, 4.69) is 15.3 Å². The van der Waals surface area contributed by atoms with Crippen LogP contribution in [0.4, 0.5) is 0 Å². The normalized spacial score (nSPS) is 12.5. The van der Waals surface area contributed by atoms with Crippen molar-refractivity contribution in [2.45, 2.75) is 33.2 Å². The van der Waals surface area contributed by atoms with Gasteiger partial charge in [-0.05, 0) is 39.0 Å². The number of carbonyl (C=O) groups is 1. The summed E-state index contributed by atoms with van der Waals surface area (Å²) in [6, 6.07) is 5.12. The number of hydrogen-bond donors (Lipinski definition) is 1. The summed E-state index contributed by atoms with van der Waals surface area (Å²) >= 11 is 1.64. The number of amides is 1. The Labute approximate surface area is 150 Å². The number of nitrogens with one attached hydrogen (secondary N) is 1. The number of oxazole rings is 1. The van der Waals surface area contributed by atoms with Crippen LogP contribution in [0.1, 0.15) is 44.8 Å². The minimum Gasteiger partial charge on any atom is -0.441 e. The van der Waals surface area contributed by atoms with Crippen LogP contribution in [0.5, 0.6) is 0 Å². The van der Waals surface area contributed by atoms with Crippen molar-refractivity contribution in [3.8, 4) is 0 Å². The first kappa shape index (κ1) is 17.6. The molecule has 0 saturated carbocycles. The first-order chi connectivity index (χ1) is 12.0. The predicted octanol–water partition coefficient (Wildman–Crippen LogP) is 3.58. The topological polar surface area (TPSA) is 77.2 Å². The van der Waals surface area contributed by atoms with Crippen molar-refractivity contribution in [3.05, 3.63) is 45.2 Å². The summed E-state index contributed by atoms with van der Waals surface area (Å²) in [7, 11) is 1.64. The first-order valence-corrected chi connectivity index (χ1v) is 8.92. The van der Waals surface area contributed by atoms with Crippen LogP contribution < -0.4 is 5.32 Å². The molecule has 25 heavy (non-hydrogen) atoms. The third-order valence-corrected chi connectivity index (χ3v) is 4.81. The number of carbonyl (C=O) groups excluding carboxylic acids is 1. The zero-order valence-electron chi connectivity index (χ0n) is 14.8. The second-order valence-corrected chi connectivity index (χ2v) is 7.31. The molecule has 0 spiro atoms. The highest BCUT2D eigenvalue weighted by Crippen LogP contribution is 2.23. The molecule has 2 heterocycles. The lowest BCUT2D eigenvalue weighted by Gasteiger charge is -2.12. The molecule has 132 valence electrons. The number of rotatable bonds is 6. The Morgan fingerprint density at radius 2 is 2.16 bits per heavy atom. The van der Waals surface area contributed by atoms with Crippen LogP contribution in [-0.4, -0.2) is 29.6 Å². The summed E-state index contributed by atoms with van der Waals surface area (Å²) in [6.07, 6.45) is 0.603. The van der Waals surface area contributed by atoms with Gasteiger partial charge >= 0.3 is 0 Å². The lowest BCUT2D eigenvalue weighted by atomic mass is 10.1. The highest BCUT2D eigenvalue weighted by molar-refractivity contribution is 7.11. The summed E-state index contributed by atoms with van der Waals surface area (Å²) < 4.78 is 10.7. The molecule has 0 aliphatic carbocycles. The van der Waals surface area contributed by atoms with E-state index in [4.69, 9.17) is 9.15 Å². The van der Waals surface area contributed by atoms with Crippen LogP contribution in [0.2, 0.25) is 0 Å². The number of aromatic nitrogens is 2. The van der Waals surface area contributed by atoms with Crippen molar-refractivity contribution in [2.24, 2.45) is 0 Å². The number of methoxy groups -OCH3 is 1. The van der Waals surface area contributed by atoms with Crippen molar-refractivity contribution >= 4 is 28.3 Å². The fourth-order valence-electron chi connectivity index (χ4n) is 2.70. The molecule has 1 N–H and O–H groups in total. The zero-order valence-corrected chi connectivity index (χ0v) is 15.6. The van der Waals surface area contributed by atoms with E-state index in [0.29, 0.717) is 30.1 Å². The van der Waals surface area contributed by atoms with E-state index in [-0.39, 0.29) is 11.9 Å². The van der Waals surface area contributed by atoms with Gasteiger partial charge in [0.25, 0.3) is 5.91 Å². The fraction of sp³-hybridized carbons (Fsp3) is 0.389. The Bertz CT molecular complexity index is 900. The monoisotopic (exact) mass is 359 g/mol. The molecule has 3 rings (SSSR count). The summed E-state index contributed by atoms with van der Waals surface area (Å²) in [5.74, 6) is 0.450. The third kappa shape index (κ3) is 3.88. The Morgan fingerprint density at radius 3 is 2.84 bits per heavy atom. The van der Waals surface area contributed by atoms with Gasteiger partial charge in [0.15, 0.2) is 11.5 Å². The third-order valence-electron chi connectivity index (χ3n) is 3.91. The van der Waals surface area contributed by atoms with Gasteiger partial charge in [0.2, 0.25) is 0 Å². The average Bonchev–Trinajstić information content (AvgIpc) is 3.14. The van der Waals surface area contributed by atoms with Crippen LogP contribution in [-0.2, 0) is 11.2 Å². The maximum atomic E-state index is 12.6. The molecule has 1 atom stereocenters. The molecule has 1 unspecified atom stereocenters. The number of hydrogen-bond acceptors (Lipinski definition) is 6. The van der Waals surface area contributed by atoms with E-state index < -0.39 is 0 Å². The highest BCUT2D eigenvalue weighted by Gasteiger charge is 2.17. The molecule has 0 aliphatic heterocycles. The Balaban J connectivity index is 1.76. The van der Waals surface area contributed by atoms with E-state index in [9.17, 15) is 4.79 Å². The van der Waals surface area contributed by atoms with Crippen LogP contribution >= 0.6 is 11.3 Å². The minimum absolute atomic E-state index is 0.153. The summed E-state index contributed by atoms with van der Waals surface area (Å²) in [5.41, 5.74) is 2.80.